The highest BCUT2D eigenvalue weighted by Gasteiger charge is 2.05. The van der Waals surface area contributed by atoms with E-state index in [0.717, 1.165) is 17.4 Å². The standard InChI is InChI=1S/C17H18N2O4/c1-23-15-7-3-2-5-13(15)10-12-19-11-4-6-14(17(19)21)8-9-16(20)18-22/h2-9,11,22H,10,12H2,1H3,(H,18,20)/b9-8+. The number of pyridine rings is 1. The average molecular weight is 314 g/mol. The number of hydrogen-bond acceptors (Lipinski definition) is 4. The lowest BCUT2D eigenvalue weighted by Crippen LogP contribution is -2.22. The molecular formula is C17H18N2O4. The van der Waals surface area contributed by atoms with Gasteiger partial charge in [0.1, 0.15) is 5.75 Å². The van der Waals surface area contributed by atoms with Gasteiger partial charge in [0, 0.05) is 24.4 Å². The second kappa shape index (κ2) is 7.95. The topological polar surface area (TPSA) is 80.6 Å². The van der Waals surface area contributed by atoms with Gasteiger partial charge in [-0.3, -0.25) is 14.8 Å². The van der Waals surface area contributed by atoms with Gasteiger partial charge in [-0.2, -0.15) is 0 Å². The van der Waals surface area contributed by atoms with Crippen LogP contribution in [0.2, 0.25) is 0 Å². The molecule has 1 heterocycles. The number of benzene rings is 1. The van der Waals surface area contributed by atoms with Gasteiger partial charge in [-0.25, -0.2) is 5.48 Å². The summed E-state index contributed by atoms with van der Waals surface area (Å²) in [6.45, 7) is 0.493. The van der Waals surface area contributed by atoms with E-state index in [9.17, 15) is 9.59 Å². The van der Waals surface area contributed by atoms with Gasteiger partial charge < -0.3 is 9.30 Å². The molecule has 0 fully saturated rings. The molecule has 0 radical (unpaired) electrons. The lowest BCUT2D eigenvalue weighted by atomic mass is 10.1. The molecule has 6 heteroatoms. The van der Waals surface area contributed by atoms with Crippen LogP contribution in [0.15, 0.2) is 53.5 Å². The van der Waals surface area contributed by atoms with Crippen molar-refractivity contribution in [3.8, 4) is 5.75 Å². The summed E-state index contributed by atoms with van der Waals surface area (Å²) in [5.41, 5.74) is 2.66. The van der Waals surface area contributed by atoms with Crippen LogP contribution in [0.3, 0.4) is 0 Å². The number of carbonyl (C=O) groups is 1. The summed E-state index contributed by atoms with van der Waals surface area (Å²) in [7, 11) is 1.61. The number of amides is 1. The van der Waals surface area contributed by atoms with Crippen LogP contribution in [0.25, 0.3) is 6.08 Å². The highest BCUT2D eigenvalue weighted by molar-refractivity contribution is 5.90. The third-order valence-corrected chi connectivity index (χ3v) is 3.39. The van der Waals surface area contributed by atoms with Crippen molar-refractivity contribution in [2.45, 2.75) is 13.0 Å². The van der Waals surface area contributed by atoms with Crippen LogP contribution in [0.4, 0.5) is 0 Å². The molecule has 1 amide bonds. The Bertz CT molecular complexity index is 765. The van der Waals surface area contributed by atoms with Crippen LogP contribution in [0, 0.1) is 0 Å². The van der Waals surface area contributed by atoms with Crippen molar-refractivity contribution in [1.82, 2.24) is 10.0 Å². The lowest BCUT2D eigenvalue weighted by molar-refractivity contribution is -0.124. The van der Waals surface area contributed by atoms with Crippen LogP contribution in [-0.4, -0.2) is 22.8 Å². The summed E-state index contributed by atoms with van der Waals surface area (Å²) in [6.07, 6.45) is 4.81. The van der Waals surface area contributed by atoms with Crippen LogP contribution in [0.5, 0.6) is 5.75 Å². The largest absolute Gasteiger partial charge is 0.496 e. The first kappa shape index (κ1) is 16.5. The molecule has 23 heavy (non-hydrogen) atoms. The maximum atomic E-state index is 12.3. The lowest BCUT2D eigenvalue weighted by Gasteiger charge is -2.10. The molecular weight excluding hydrogens is 296 g/mol. The summed E-state index contributed by atoms with van der Waals surface area (Å²) in [5, 5.41) is 8.45. The Labute approximate surface area is 133 Å². The minimum atomic E-state index is -0.686. The first-order valence-electron chi connectivity index (χ1n) is 7.09. The zero-order valence-corrected chi connectivity index (χ0v) is 12.7. The number of hydroxylamine groups is 1. The molecule has 0 aliphatic carbocycles. The van der Waals surface area contributed by atoms with E-state index in [1.54, 1.807) is 30.0 Å². The molecule has 2 rings (SSSR count). The Balaban J connectivity index is 2.16. The zero-order chi connectivity index (χ0) is 16.7. The van der Waals surface area contributed by atoms with Crippen LogP contribution in [0.1, 0.15) is 11.1 Å². The summed E-state index contributed by atoms with van der Waals surface area (Å²) in [4.78, 5) is 23.3. The molecule has 0 saturated carbocycles. The molecule has 0 atom stereocenters. The molecule has 120 valence electrons. The van der Waals surface area contributed by atoms with Crippen molar-refractivity contribution in [1.29, 1.82) is 0 Å². The SMILES string of the molecule is COc1ccccc1CCn1cccc(/C=C/C(=O)NO)c1=O. The van der Waals surface area contributed by atoms with E-state index in [1.807, 2.05) is 24.3 Å². The van der Waals surface area contributed by atoms with Gasteiger partial charge in [-0.05, 0) is 36.3 Å². The van der Waals surface area contributed by atoms with Crippen molar-refractivity contribution in [2.24, 2.45) is 0 Å². The van der Waals surface area contributed by atoms with Gasteiger partial charge in [-0.15, -0.1) is 0 Å². The number of methoxy groups -OCH3 is 1. The quantitative estimate of drug-likeness (QED) is 0.482. The smallest absolute Gasteiger partial charge is 0.267 e. The first-order chi connectivity index (χ1) is 11.2. The van der Waals surface area contributed by atoms with Crippen LogP contribution >= 0.6 is 0 Å². The Kier molecular flexibility index (Phi) is 5.71. The maximum absolute atomic E-state index is 12.3. The number of aromatic nitrogens is 1. The number of para-hydroxylation sites is 1. The van der Waals surface area contributed by atoms with E-state index in [0.29, 0.717) is 18.5 Å². The van der Waals surface area contributed by atoms with E-state index in [-0.39, 0.29) is 5.56 Å². The fourth-order valence-electron chi connectivity index (χ4n) is 2.21. The van der Waals surface area contributed by atoms with Gasteiger partial charge >= 0.3 is 0 Å². The maximum Gasteiger partial charge on any atom is 0.267 e. The van der Waals surface area contributed by atoms with Gasteiger partial charge in [0.25, 0.3) is 11.5 Å². The van der Waals surface area contributed by atoms with Gasteiger partial charge in [-0.1, -0.05) is 18.2 Å². The van der Waals surface area contributed by atoms with Crippen LogP contribution < -0.4 is 15.8 Å². The molecule has 0 spiro atoms. The zero-order valence-electron chi connectivity index (χ0n) is 12.7. The molecule has 1 aromatic heterocycles. The van der Waals surface area contributed by atoms with Crippen molar-refractivity contribution in [2.75, 3.05) is 7.11 Å². The number of carbonyl (C=O) groups excluding carboxylic acids is 1. The van der Waals surface area contributed by atoms with Crippen molar-refractivity contribution in [3.63, 3.8) is 0 Å². The molecule has 0 bridgehead atoms. The number of aryl methyl sites for hydroxylation is 2. The second-order valence-corrected chi connectivity index (χ2v) is 4.83. The molecule has 0 saturated heterocycles. The Morgan fingerprint density at radius 3 is 2.83 bits per heavy atom. The van der Waals surface area contributed by atoms with E-state index < -0.39 is 5.91 Å². The molecule has 0 aliphatic rings. The Morgan fingerprint density at radius 2 is 2.09 bits per heavy atom. The number of nitrogens with one attached hydrogen (secondary N) is 1. The normalized spacial score (nSPS) is 10.7. The van der Waals surface area contributed by atoms with Gasteiger partial charge in [0.05, 0.1) is 7.11 Å². The minimum absolute atomic E-state index is 0.204. The summed E-state index contributed by atoms with van der Waals surface area (Å²) >= 11 is 0. The summed E-state index contributed by atoms with van der Waals surface area (Å²) in [6, 6.07) is 11.0. The van der Waals surface area contributed by atoms with Gasteiger partial charge in [0.15, 0.2) is 0 Å². The predicted octanol–water partition coefficient (Wildman–Crippen LogP) is 1.62. The van der Waals surface area contributed by atoms with Crippen molar-refractivity contribution < 1.29 is 14.7 Å². The fraction of sp³-hybridized carbons (Fsp3) is 0.176. The summed E-state index contributed by atoms with van der Waals surface area (Å²) in [5.74, 6) is 0.102. The van der Waals surface area contributed by atoms with Crippen LogP contribution in [-0.2, 0) is 17.8 Å². The predicted molar refractivity (Wildman–Crippen MR) is 86.4 cm³/mol. The Morgan fingerprint density at radius 1 is 1.30 bits per heavy atom. The minimum Gasteiger partial charge on any atom is -0.496 e. The summed E-state index contributed by atoms with van der Waals surface area (Å²) < 4.78 is 6.87. The molecule has 6 nitrogen and oxygen atoms in total. The molecule has 0 aliphatic heterocycles. The Hall–Kier alpha value is -2.86. The number of rotatable bonds is 6. The van der Waals surface area contributed by atoms with Gasteiger partial charge in [0.2, 0.25) is 0 Å². The van der Waals surface area contributed by atoms with Crippen molar-refractivity contribution in [3.05, 3.63) is 70.2 Å². The van der Waals surface area contributed by atoms with E-state index >= 15 is 0 Å². The number of nitrogens with zero attached hydrogens (tertiary/aromatic N) is 1. The molecule has 1 aromatic carbocycles. The highest BCUT2D eigenvalue weighted by atomic mass is 16.5. The second-order valence-electron chi connectivity index (χ2n) is 4.83. The third-order valence-electron chi connectivity index (χ3n) is 3.39. The molecule has 2 aromatic rings. The molecule has 0 unspecified atom stereocenters. The van der Waals surface area contributed by atoms with Crippen molar-refractivity contribution >= 4 is 12.0 Å². The average Bonchev–Trinajstić information content (AvgIpc) is 2.59. The monoisotopic (exact) mass is 314 g/mol. The number of ether oxygens (including phenoxy) is 1. The highest BCUT2D eigenvalue weighted by Crippen LogP contribution is 2.18. The van der Waals surface area contributed by atoms with E-state index in [1.165, 1.54) is 11.6 Å². The number of hydrogen-bond donors (Lipinski definition) is 2. The van der Waals surface area contributed by atoms with E-state index in [2.05, 4.69) is 0 Å². The molecule has 2 N–H and O–H groups in total. The van der Waals surface area contributed by atoms with E-state index in [4.69, 9.17) is 9.94 Å². The fourth-order valence-corrected chi connectivity index (χ4v) is 2.21. The first-order valence-corrected chi connectivity index (χ1v) is 7.09. The third kappa shape index (κ3) is 4.31.